The maximum absolute atomic E-state index is 13.1. The number of aryl methyl sites for hydroxylation is 1. The minimum Gasteiger partial charge on any atom is -0.306 e. The molecule has 1 aromatic carbocycles. The molecular weight excluding hydrogens is 419 g/mol. The number of alkyl halides is 3. The fourth-order valence-corrected chi connectivity index (χ4v) is 3.53. The molecule has 4 rings (SSSR count). The summed E-state index contributed by atoms with van der Waals surface area (Å²) < 4.78 is 41.0. The van der Waals surface area contributed by atoms with Crippen molar-refractivity contribution in [1.82, 2.24) is 24.9 Å². The summed E-state index contributed by atoms with van der Waals surface area (Å²) in [6.07, 6.45) is 0.148. The van der Waals surface area contributed by atoms with Crippen molar-refractivity contribution in [2.75, 3.05) is 0 Å². The summed E-state index contributed by atoms with van der Waals surface area (Å²) in [4.78, 5) is 18.6. The molecule has 0 saturated heterocycles. The Morgan fingerprint density at radius 2 is 1.97 bits per heavy atom. The number of fused-ring (bicyclic) bond motifs is 1. The van der Waals surface area contributed by atoms with Gasteiger partial charge in [0.1, 0.15) is 5.69 Å². The number of rotatable bonds is 2. The predicted octanol–water partition coefficient (Wildman–Crippen LogP) is 4.83. The zero-order valence-electron chi connectivity index (χ0n) is 15.9. The van der Waals surface area contributed by atoms with Crippen LogP contribution in [0.2, 0.25) is 5.02 Å². The Balaban J connectivity index is 1.69. The van der Waals surface area contributed by atoms with Crippen LogP contribution in [0.1, 0.15) is 45.8 Å². The molecule has 1 unspecified atom stereocenters. The number of amides is 1. The van der Waals surface area contributed by atoms with Gasteiger partial charge in [0.15, 0.2) is 5.82 Å². The Morgan fingerprint density at radius 3 is 2.63 bits per heavy atom. The maximum Gasteiger partial charge on any atom is 0.417 e. The lowest BCUT2D eigenvalue weighted by atomic mass is 10.0. The number of halogens is 4. The van der Waals surface area contributed by atoms with E-state index < -0.39 is 28.7 Å². The molecule has 2 aromatic heterocycles. The maximum atomic E-state index is 13.1. The molecule has 0 N–H and O–H groups in total. The average molecular weight is 434 g/mol. The molecule has 0 saturated carbocycles. The van der Waals surface area contributed by atoms with E-state index in [0.717, 1.165) is 17.7 Å². The van der Waals surface area contributed by atoms with E-state index >= 15 is 0 Å². The molecule has 3 heterocycles. The minimum absolute atomic E-state index is 0.237. The van der Waals surface area contributed by atoms with Crippen LogP contribution in [0.5, 0.6) is 0 Å². The molecule has 154 valence electrons. The molecule has 10 heteroatoms. The van der Waals surface area contributed by atoms with Gasteiger partial charge < -0.3 is 4.90 Å². The van der Waals surface area contributed by atoms with Gasteiger partial charge in [-0.2, -0.15) is 17.9 Å². The number of carbonyl (C=O) groups excluding carboxylic acids is 1. The van der Waals surface area contributed by atoms with Crippen molar-refractivity contribution in [3.63, 3.8) is 0 Å². The monoisotopic (exact) mass is 433 g/mol. The highest BCUT2D eigenvalue weighted by Gasteiger charge is 2.36. The normalized spacial score (nSPS) is 15.9. The van der Waals surface area contributed by atoms with Gasteiger partial charge in [0.05, 0.1) is 27.9 Å². The molecule has 0 spiro atoms. The first kappa shape index (κ1) is 20.1. The molecule has 6 nitrogen and oxygen atoms in total. The largest absolute Gasteiger partial charge is 0.417 e. The van der Waals surface area contributed by atoms with Crippen molar-refractivity contribution in [3.8, 4) is 5.82 Å². The van der Waals surface area contributed by atoms with E-state index in [1.807, 2.05) is 13.0 Å². The highest BCUT2D eigenvalue weighted by atomic mass is 35.5. The second kappa shape index (κ2) is 7.24. The fourth-order valence-electron chi connectivity index (χ4n) is 3.22. The number of hydrogen-bond acceptors (Lipinski definition) is 4. The summed E-state index contributed by atoms with van der Waals surface area (Å²) in [6, 6.07) is 6.38. The molecule has 1 aliphatic heterocycles. The van der Waals surface area contributed by atoms with E-state index in [-0.39, 0.29) is 5.56 Å². The number of pyridine rings is 1. The van der Waals surface area contributed by atoms with Crippen molar-refractivity contribution in [2.24, 2.45) is 0 Å². The average Bonchev–Trinajstić information content (AvgIpc) is 3.13. The number of hydrogen-bond donors (Lipinski definition) is 0. The standard InChI is InChI=1S/C20H15ClF3N5O/c1-11-6-7-16(25-10-11)29-15-8-9-28(12(2)18(15)26-27-29)19(30)13-4-3-5-14(17(13)21)20(22,23)24/h3-10,12H,1-2H3. The third-order valence-corrected chi connectivity index (χ3v) is 5.23. The first-order chi connectivity index (χ1) is 14.2. The molecule has 0 radical (unpaired) electrons. The third kappa shape index (κ3) is 3.35. The van der Waals surface area contributed by atoms with E-state index in [4.69, 9.17) is 11.6 Å². The zero-order valence-corrected chi connectivity index (χ0v) is 16.6. The quantitative estimate of drug-likeness (QED) is 0.580. The summed E-state index contributed by atoms with van der Waals surface area (Å²) in [5.74, 6) is -0.101. The highest BCUT2D eigenvalue weighted by molar-refractivity contribution is 6.34. The highest BCUT2D eigenvalue weighted by Crippen LogP contribution is 2.38. The van der Waals surface area contributed by atoms with Crippen LogP contribution in [-0.2, 0) is 6.18 Å². The van der Waals surface area contributed by atoms with Gasteiger partial charge in [-0.1, -0.05) is 28.9 Å². The van der Waals surface area contributed by atoms with E-state index in [0.29, 0.717) is 17.2 Å². The summed E-state index contributed by atoms with van der Waals surface area (Å²) in [5.41, 5.74) is 0.834. The molecule has 3 aromatic rings. The molecule has 1 atom stereocenters. The van der Waals surface area contributed by atoms with Gasteiger partial charge in [-0.15, -0.1) is 5.10 Å². The number of nitrogens with zero attached hydrogens (tertiary/aromatic N) is 5. The fraction of sp³-hybridized carbons (Fsp3) is 0.200. The lowest BCUT2D eigenvalue weighted by molar-refractivity contribution is -0.137. The van der Waals surface area contributed by atoms with E-state index in [1.165, 1.54) is 17.2 Å². The molecule has 1 amide bonds. The van der Waals surface area contributed by atoms with Gasteiger partial charge >= 0.3 is 6.18 Å². The summed E-state index contributed by atoms with van der Waals surface area (Å²) in [5, 5.41) is 7.65. The van der Waals surface area contributed by atoms with Crippen LogP contribution >= 0.6 is 11.6 Å². The second-order valence-corrected chi connectivity index (χ2v) is 7.21. The zero-order chi connectivity index (χ0) is 21.6. The molecule has 0 fully saturated rings. The van der Waals surface area contributed by atoms with Gasteiger partial charge in [-0.25, -0.2) is 4.98 Å². The van der Waals surface area contributed by atoms with Crippen LogP contribution in [0.3, 0.4) is 0 Å². The summed E-state index contributed by atoms with van der Waals surface area (Å²) in [6.45, 7) is 3.63. The van der Waals surface area contributed by atoms with Gasteiger partial charge in [0.2, 0.25) is 0 Å². The van der Waals surface area contributed by atoms with Gasteiger partial charge in [0, 0.05) is 12.4 Å². The van der Waals surface area contributed by atoms with E-state index in [2.05, 4.69) is 15.3 Å². The minimum atomic E-state index is -4.66. The molecular formula is C20H15ClF3N5O. The first-order valence-electron chi connectivity index (χ1n) is 8.93. The van der Waals surface area contributed by atoms with Crippen LogP contribution in [0.4, 0.5) is 13.2 Å². The van der Waals surface area contributed by atoms with Gasteiger partial charge in [0.25, 0.3) is 5.91 Å². The Labute approximate surface area is 174 Å². The Hall–Kier alpha value is -3.20. The molecule has 1 aliphatic rings. The Bertz CT molecular complexity index is 1150. The van der Waals surface area contributed by atoms with Crippen molar-refractivity contribution >= 4 is 23.6 Å². The summed E-state index contributed by atoms with van der Waals surface area (Å²) >= 11 is 5.92. The van der Waals surface area contributed by atoms with E-state index in [9.17, 15) is 18.0 Å². The van der Waals surface area contributed by atoms with Crippen molar-refractivity contribution < 1.29 is 18.0 Å². The third-order valence-electron chi connectivity index (χ3n) is 4.82. The predicted molar refractivity (Wildman–Crippen MR) is 104 cm³/mol. The van der Waals surface area contributed by atoms with Crippen molar-refractivity contribution in [2.45, 2.75) is 26.1 Å². The van der Waals surface area contributed by atoms with Crippen LogP contribution in [0.25, 0.3) is 11.9 Å². The summed E-state index contributed by atoms with van der Waals surface area (Å²) in [7, 11) is 0. The molecule has 0 aliphatic carbocycles. The topological polar surface area (TPSA) is 63.9 Å². The number of aromatic nitrogens is 4. The Morgan fingerprint density at radius 1 is 1.20 bits per heavy atom. The van der Waals surface area contributed by atoms with Crippen LogP contribution in [-0.4, -0.2) is 30.8 Å². The van der Waals surface area contributed by atoms with Gasteiger partial charge in [-0.3, -0.25) is 4.79 Å². The SMILES string of the molecule is Cc1ccc(-n2nnc3c2C=CN(C(=O)c2cccc(C(F)(F)F)c2Cl)C3C)nc1. The molecule has 0 bridgehead atoms. The lowest BCUT2D eigenvalue weighted by Crippen LogP contribution is -2.31. The van der Waals surface area contributed by atoms with Crippen LogP contribution in [0.15, 0.2) is 42.7 Å². The second-order valence-electron chi connectivity index (χ2n) is 6.83. The van der Waals surface area contributed by atoms with E-state index in [1.54, 1.807) is 29.9 Å². The van der Waals surface area contributed by atoms with Gasteiger partial charge in [-0.05, 0) is 43.7 Å². The smallest absolute Gasteiger partial charge is 0.306 e. The van der Waals surface area contributed by atoms with Crippen LogP contribution < -0.4 is 0 Å². The molecule has 30 heavy (non-hydrogen) atoms. The first-order valence-corrected chi connectivity index (χ1v) is 9.31. The van der Waals surface area contributed by atoms with Crippen molar-refractivity contribution in [3.05, 3.63) is 75.8 Å². The van der Waals surface area contributed by atoms with Crippen LogP contribution in [0, 0.1) is 6.92 Å². The number of carbonyl (C=O) groups is 1. The lowest BCUT2D eigenvalue weighted by Gasteiger charge is -2.28. The van der Waals surface area contributed by atoms with Crippen molar-refractivity contribution in [1.29, 1.82) is 0 Å². The Kier molecular flexibility index (Phi) is 4.85. The number of benzene rings is 1.